The first-order valence-electron chi connectivity index (χ1n) is 7.05. The van der Waals surface area contributed by atoms with Gasteiger partial charge in [-0.3, -0.25) is 4.79 Å². The summed E-state index contributed by atoms with van der Waals surface area (Å²) in [6, 6.07) is 12.8. The van der Waals surface area contributed by atoms with Gasteiger partial charge in [-0.25, -0.2) is 0 Å². The summed E-state index contributed by atoms with van der Waals surface area (Å²) in [5, 5.41) is 3.45. The summed E-state index contributed by atoms with van der Waals surface area (Å²) in [5.41, 5.74) is 1.71. The summed E-state index contributed by atoms with van der Waals surface area (Å²) in [4.78, 5) is 11.9. The minimum absolute atomic E-state index is 0.199. The van der Waals surface area contributed by atoms with E-state index in [-0.39, 0.29) is 5.91 Å². The third-order valence-electron chi connectivity index (χ3n) is 3.21. The highest BCUT2D eigenvalue weighted by Gasteiger charge is 2.09. The molecule has 5 heteroatoms. The lowest BCUT2D eigenvalue weighted by molar-refractivity contribution is -0.116. The molecule has 0 bridgehead atoms. The highest BCUT2D eigenvalue weighted by molar-refractivity contribution is 6.30. The molecule has 0 spiro atoms. The molecule has 0 radical (unpaired) electrons. The standard InChI is InChI=1S/C18H18ClNO3/c1-22-16-8-4-6-14(18(16)23-2)12-20-17(21)10-9-13-5-3-7-15(19)11-13/h3-11H,12H2,1-2H3,(H,20,21)/b10-9+. The first kappa shape index (κ1) is 16.9. The van der Waals surface area contributed by atoms with E-state index in [0.717, 1.165) is 11.1 Å². The molecule has 2 aromatic carbocycles. The number of para-hydroxylation sites is 1. The maximum Gasteiger partial charge on any atom is 0.244 e. The third-order valence-corrected chi connectivity index (χ3v) is 3.45. The summed E-state index contributed by atoms with van der Waals surface area (Å²) in [5.74, 6) is 1.05. The fourth-order valence-corrected chi connectivity index (χ4v) is 2.32. The average Bonchev–Trinajstić information content (AvgIpc) is 2.57. The third kappa shape index (κ3) is 4.76. The number of carbonyl (C=O) groups excluding carboxylic acids is 1. The second kappa shape index (κ2) is 8.25. The molecule has 120 valence electrons. The van der Waals surface area contributed by atoms with Crippen molar-refractivity contribution in [2.45, 2.75) is 6.54 Å². The van der Waals surface area contributed by atoms with Crippen LogP contribution in [0.3, 0.4) is 0 Å². The number of halogens is 1. The van der Waals surface area contributed by atoms with E-state index in [2.05, 4.69) is 5.32 Å². The molecule has 0 saturated carbocycles. The average molecular weight is 332 g/mol. The molecular formula is C18H18ClNO3. The normalized spacial score (nSPS) is 10.6. The maximum atomic E-state index is 11.9. The molecule has 0 aliphatic rings. The zero-order valence-corrected chi connectivity index (χ0v) is 13.8. The van der Waals surface area contributed by atoms with Crippen molar-refractivity contribution in [3.05, 3.63) is 64.7 Å². The van der Waals surface area contributed by atoms with E-state index in [9.17, 15) is 4.79 Å². The van der Waals surface area contributed by atoms with Crippen LogP contribution in [0.1, 0.15) is 11.1 Å². The second-order valence-corrected chi connectivity index (χ2v) is 5.20. The zero-order chi connectivity index (χ0) is 16.7. The van der Waals surface area contributed by atoms with Crippen LogP contribution in [-0.2, 0) is 11.3 Å². The number of amides is 1. The molecule has 0 fully saturated rings. The van der Waals surface area contributed by atoms with Crippen molar-refractivity contribution >= 4 is 23.6 Å². The number of hydrogen-bond donors (Lipinski definition) is 1. The van der Waals surface area contributed by atoms with Crippen LogP contribution in [0.5, 0.6) is 11.5 Å². The minimum Gasteiger partial charge on any atom is -0.493 e. The van der Waals surface area contributed by atoms with Crippen LogP contribution in [0.25, 0.3) is 6.08 Å². The predicted molar refractivity (Wildman–Crippen MR) is 91.9 cm³/mol. The quantitative estimate of drug-likeness (QED) is 0.821. The summed E-state index contributed by atoms with van der Waals surface area (Å²) in [6.07, 6.45) is 3.18. The molecule has 1 amide bonds. The summed E-state index contributed by atoms with van der Waals surface area (Å²) >= 11 is 5.90. The molecule has 0 aromatic heterocycles. The Morgan fingerprint density at radius 2 is 1.96 bits per heavy atom. The van der Waals surface area contributed by atoms with E-state index in [4.69, 9.17) is 21.1 Å². The first-order chi connectivity index (χ1) is 11.1. The Hall–Kier alpha value is -2.46. The van der Waals surface area contributed by atoms with Crippen molar-refractivity contribution in [3.8, 4) is 11.5 Å². The number of hydrogen-bond acceptors (Lipinski definition) is 3. The molecule has 0 saturated heterocycles. The Morgan fingerprint density at radius 1 is 1.17 bits per heavy atom. The van der Waals surface area contributed by atoms with Crippen molar-refractivity contribution in [2.75, 3.05) is 14.2 Å². The fourth-order valence-electron chi connectivity index (χ4n) is 2.12. The smallest absolute Gasteiger partial charge is 0.244 e. The van der Waals surface area contributed by atoms with Crippen LogP contribution >= 0.6 is 11.6 Å². The van der Waals surface area contributed by atoms with Crippen LogP contribution in [-0.4, -0.2) is 20.1 Å². The number of ether oxygens (including phenoxy) is 2. The molecule has 2 rings (SSSR count). The van der Waals surface area contributed by atoms with Gasteiger partial charge in [0, 0.05) is 23.2 Å². The fraction of sp³-hybridized carbons (Fsp3) is 0.167. The molecule has 0 aliphatic carbocycles. The van der Waals surface area contributed by atoms with Crippen LogP contribution < -0.4 is 14.8 Å². The first-order valence-corrected chi connectivity index (χ1v) is 7.43. The monoisotopic (exact) mass is 331 g/mol. The lowest BCUT2D eigenvalue weighted by Gasteiger charge is -2.12. The Balaban J connectivity index is 1.99. The Bertz CT molecular complexity index is 713. The van der Waals surface area contributed by atoms with Crippen LogP contribution in [0.4, 0.5) is 0 Å². The highest BCUT2D eigenvalue weighted by atomic mass is 35.5. The van der Waals surface area contributed by atoms with Crippen molar-refractivity contribution in [1.82, 2.24) is 5.32 Å². The van der Waals surface area contributed by atoms with Gasteiger partial charge in [-0.15, -0.1) is 0 Å². The van der Waals surface area contributed by atoms with E-state index >= 15 is 0 Å². The van der Waals surface area contributed by atoms with Gasteiger partial charge in [-0.1, -0.05) is 35.9 Å². The van der Waals surface area contributed by atoms with E-state index in [1.807, 2.05) is 30.3 Å². The van der Waals surface area contributed by atoms with Crippen molar-refractivity contribution in [2.24, 2.45) is 0 Å². The Labute approximate surface area is 140 Å². The van der Waals surface area contributed by atoms with Crippen LogP contribution in [0.2, 0.25) is 5.02 Å². The van der Waals surface area contributed by atoms with Gasteiger partial charge in [0.25, 0.3) is 0 Å². The zero-order valence-electron chi connectivity index (χ0n) is 13.0. The molecular weight excluding hydrogens is 314 g/mol. The van der Waals surface area contributed by atoms with Crippen molar-refractivity contribution in [3.63, 3.8) is 0 Å². The van der Waals surface area contributed by atoms with Gasteiger partial charge in [0.15, 0.2) is 11.5 Å². The Morgan fingerprint density at radius 3 is 2.65 bits per heavy atom. The van der Waals surface area contributed by atoms with E-state index in [1.165, 1.54) is 6.08 Å². The Kier molecular flexibility index (Phi) is 6.06. The van der Waals surface area contributed by atoms with Gasteiger partial charge in [-0.2, -0.15) is 0 Å². The van der Waals surface area contributed by atoms with Crippen LogP contribution in [0.15, 0.2) is 48.5 Å². The molecule has 0 heterocycles. The summed E-state index contributed by atoms with van der Waals surface area (Å²) in [6.45, 7) is 0.346. The van der Waals surface area contributed by atoms with E-state index in [0.29, 0.717) is 23.1 Å². The van der Waals surface area contributed by atoms with Gasteiger partial charge < -0.3 is 14.8 Å². The van der Waals surface area contributed by atoms with Gasteiger partial charge >= 0.3 is 0 Å². The number of benzene rings is 2. The molecule has 0 atom stereocenters. The topological polar surface area (TPSA) is 47.6 Å². The van der Waals surface area contributed by atoms with Crippen molar-refractivity contribution in [1.29, 1.82) is 0 Å². The number of carbonyl (C=O) groups is 1. The molecule has 23 heavy (non-hydrogen) atoms. The summed E-state index contributed by atoms with van der Waals surface area (Å²) < 4.78 is 10.6. The molecule has 0 aliphatic heterocycles. The molecule has 4 nitrogen and oxygen atoms in total. The van der Waals surface area contributed by atoms with Gasteiger partial charge in [-0.05, 0) is 29.8 Å². The minimum atomic E-state index is -0.199. The SMILES string of the molecule is COc1cccc(CNC(=O)/C=C/c2cccc(Cl)c2)c1OC. The molecule has 1 N–H and O–H groups in total. The number of methoxy groups -OCH3 is 2. The number of nitrogens with one attached hydrogen (secondary N) is 1. The van der Waals surface area contributed by atoms with Gasteiger partial charge in [0.1, 0.15) is 0 Å². The van der Waals surface area contributed by atoms with E-state index < -0.39 is 0 Å². The largest absolute Gasteiger partial charge is 0.493 e. The lowest BCUT2D eigenvalue weighted by atomic mass is 10.1. The van der Waals surface area contributed by atoms with Gasteiger partial charge in [0.2, 0.25) is 5.91 Å². The highest BCUT2D eigenvalue weighted by Crippen LogP contribution is 2.30. The lowest BCUT2D eigenvalue weighted by Crippen LogP contribution is -2.20. The molecule has 0 unspecified atom stereocenters. The summed E-state index contributed by atoms with van der Waals surface area (Å²) in [7, 11) is 3.15. The second-order valence-electron chi connectivity index (χ2n) is 4.76. The maximum absolute atomic E-state index is 11.9. The van der Waals surface area contributed by atoms with Crippen LogP contribution in [0, 0.1) is 0 Å². The van der Waals surface area contributed by atoms with Crippen molar-refractivity contribution < 1.29 is 14.3 Å². The van der Waals surface area contributed by atoms with E-state index in [1.54, 1.807) is 32.4 Å². The molecule has 2 aromatic rings. The predicted octanol–water partition coefficient (Wildman–Crippen LogP) is 3.69. The number of rotatable bonds is 6. The van der Waals surface area contributed by atoms with Gasteiger partial charge in [0.05, 0.1) is 14.2 Å².